The molecule has 9 heteroatoms. The van der Waals surface area contributed by atoms with Gasteiger partial charge in [0.25, 0.3) is 5.91 Å². The van der Waals surface area contributed by atoms with Crippen LogP contribution in [0.5, 0.6) is 0 Å². The van der Waals surface area contributed by atoms with Crippen molar-refractivity contribution in [2.75, 3.05) is 50.2 Å². The lowest BCUT2D eigenvalue weighted by Crippen LogP contribution is -2.53. The Morgan fingerprint density at radius 3 is 2.43 bits per heavy atom. The van der Waals surface area contributed by atoms with Crippen molar-refractivity contribution >= 4 is 27.5 Å². The third-order valence-electron chi connectivity index (χ3n) is 5.92. The van der Waals surface area contributed by atoms with Crippen molar-refractivity contribution in [3.63, 3.8) is 0 Å². The predicted octanol–water partition coefficient (Wildman–Crippen LogP) is 1.53. The van der Waals surface area contributed by atoms with Crippen molar-refractivity contribution in [2.24, 2.45) is 0 Å². The maximum absolute atomic E-state index is 12.9. The number of nitrogens with one attached hydrogen (secondary N) is 1. The first-order valence-corrected chi connectivity index (χ1v) is 12.4. The molecule has 30 heavy (non-hydrogen) atoms. The fraction of sp³-hybridized carbons (Fsp3) is 0.619. The van der Waals surface area contributed by atoms with Gasteiger partial charge in [0.15, 0.2) is 0 Å². The van der Waals surface area contributed by atoms with Crippen LogP contribution in [0.25, 0.3) is 0 Å². The molecule has 0 spiro atoms. The van der Waals surface area contributed by atoms with E-state index in [0.29, 0.717) is 50.0 Å². The summed E-state index contributed by atoms with van der Waals surface area (Å²) in [6.07, 6.45) is 4.42. The van der Waals surface area contributed by atoms with Gasteiger partial charge in [-0.25, -0.2) is 8.42 Å². The summed E-state index contributed by atoms with van der Waals surface area (Å²) >= 11 is 0. The average Bonchev–Trinajstić information content (AvgIpc) is 2.69. The quantitative estimate of drug-likeness (QED) is 0.756. The number of rotatable bonds is 5. The highest BCUT2D eigenvalue weighted by atomic mass is 32.2. The molecule has 2 aliphatic heterocycles. The zero-order valence-electron chi connectivity index (χ0n) is 18.1. The largest absolute Gasteiger partial charge is 0.339 e. The summed E-state index contributed by atoms with van der Waals surface area (Å²) in [4.78, 5) is 31.4. The molecule has 166 valence electrons. The Kier molecular flexibility index (Phi) is 7.02. The number of benzene rings is 1. The molecule has 0 aromatic heterocycles. The summed E-state index contributed by atoms with van der Waals surface area (Å²) in [5.74, 6) is 0.0548. The van der Waals surface area contributed by atoms with E-state index in [-0.39, 0.29) is 11.8 Å². The summed E-state index contributed by atoms with van der Waals surface area (Å²) in [6.45, 7) is 7.55. The van der Waals surface area contributed by atoms with Crippen LogP contribution in [0.2, 0.25) is 0 Å². The van der Waals surface area contributed by atoms with E-state index in [2.05, 4.69) is 16.5 Å². The second kappa shape index (κ2) is 9.34. The summed E-state index contributed by atoms with van der Waals surface area (Å²) in [6, 6.07) is 5.37. The van der Waals surface area contributed by atoms with Crippen molar-refractivity contribution in [3.05, 3.63) is 29.3 Å². The number of nitrogens with zero attached hydrogens (tertiary/aromatic N) is 3. The van der Waals surface area contributed by atoms with Gasteiger partial charge in [-0.1, -0.05) is 6.07 Å². The van der Waals surface area contributed by atoms with E-state index in [0.717, 1.165) is 31.2 Å². The molecule has 0 bridgehead atoms. The number of hydrogen-bond acceptors (Lipinski definition) is 5. The first-order chi connectivity index (χ1) is 14.1. The van der Waals surface area contributed by atoms with Gasteiger partial charge in [0.1, 0.15) is 0 Å². The van der Waals surface area contributed by atoms with E-state index >= 15 is 0 Å². The number of likely N-dealkylation sites (tertiary alicyclic amines) is 1. The fourth-order valence-electron chi connectivity index (χ4n) is 4.11. The summed E-state index contributed by atoms with van der Waals surface area (Å²) in [7, 11) is -3.42. The molecule has 2 heterocycles. The third-order valence-corrected chi connectivity index (χ3v) is 6.51. The first kappa shape index (κ1) is 22.6. The third kappa shape index (κ3) is 5.72. The zero-order valence-corrected chi connectivity index (χ0v) is 18.9. The molecular formula is C21H32N4O4S. The molecule has 2 saturated heterocycles. The van der Waals surface area contributed by atoms with Crippen LogP contribution < -0.4 is 4.72 Å². The molecule has 8 nitrogen and oxygen atoms in total. The Bertz CT molecular complexity index is 894. The Hall–Kier alpha value is -2.13. The van der Waals surface area contributed by atoms with Crippen LogP contribution in [-0.2, 0) is 14.8 Å². The van der Waals surface area contributed by atoms with Crippen molar-refractivity contribution in [3.8, 4) is 0 Å². The average molecular weight is 437 g/mol. The van der Waals surface area contributed by atoms with Crippen molar-refractivity contribution in [1.82, 2.24) is 14.7 Å². The number of carbonyl (C=O) groups is 2. The van der Waals surface area contributed by atoms with Crippen LogP contribution in [0.3, 0.4) is 0 Å². The molecule has 1 aromatic carbocycles. The monoisotopic (exact) mass is 436 g/mol. The molecule has 2 aliphatic rings. The number of aryl methyl sites for hydroxylation is 1. The molecule has 1 atom stereocenters. The zero-order chi connectivity index (χ0) is 21.9. The molecule has 1 aromatic rings. The summed E-state index contributed by atoms with van der Waals surface area (Å²) in [5, 5.41) is 0. The van der Waals surface area contributed by atoms with Crippen molar-refractivity contribution < 1.29 is 18.0 Å². The minimum Gasteiger partial charge on any atom is -0.339 e. The Morgan fingerprint density at radius 2 is 1.80 bits per heavy atom. The normalized spacial score (nSPS) is 20.8. The van der Waals surface area contributed by atoms with Crippen LogP contribution in [0.1, 0.15) is 42.1 Å². The van der Waals surface area contributed by atoms with Gasteiger partial charge in [-0.2, -0.15) is 0 Å². The Morgan fingerprint density at radius 1 is 1.10 bits per heavy atom. The summed E-state index contributed by atoms with van der Waals surface area (Å²) < 4.78 is 25.6. The molecule has 0 saturated carbocycles. The lowest BCUT2D eigenvalue weighted by atomic mass is 10.0. The van der Waals surface area contributed by atoms with E-state index in [1.165, 1.54) is 6.42 Å². The lowest BCUT2D eigenvalue weighted by molar-refractivity contribution is -0.136. The highest BCUT2D eigenvalue weighted by molar-refractivity contribution is 7.92. The van der Waals surface area contributed by atoms with Gasteiger partial charge in [-0.05, 0) is 50.8 Å². The van der Waals surface area contributed by atoms with Gasteiger partial charge in [-0.15, -0.1) is 0 Å². The maximum atomic E-state index is 12.9. The highest BCUT2D eigenvalue weighted by Gasteiger charge is 2.27. The summed E-state index contributed by atoms with van der Waals surface area (Å²) in [5.41, 5.74) is 1.63. The molecule has 0 aliphatic carbocycles. The standard InChI is InChI=1S/C21H32N4O4S/c1-16-7-8-18(14-19(16)22-30(3,28)29)21(27)24-12-10-23(11-13-24)15-20(26)25-9-5-4-6-17(25)2/h7-8,14,17,22H,4-6,9-13,15H2,1-3H3/t17-/m1/s1. The van der Waals surface area contributed by atoms with Crippen molar-refractivity contribution in [2.45, 2.75) is 39.2 Å². The van der Waals surface area contributed by atoms with E-state index in [9.17, 15) is 18.0 Å². The Balaban J connectivity index is 1.56. The second-order valence-corrected chi connectivity index (χ2v) is 10.2. The Labute approximate surface area is 179 Å². The highest BCUT2D eigenvalue weighted by Crippen LogP contribution is 2.20. The van der Waals surface area contributed by atoms with Crippen molar-refractivity contribution in [1.29, 1.82) is 0 Å². The molecule has 2 amide bonds. The van der Waals surface area contributed by atoms with Gasteiger partial charge in [0, 0.05) is 44.3 Å². The number of hydrogen-bond donors (Lipinski definition) is 1. The van der Waals surface area contributed by atoms with Gasteiger partial charge < -0.3 is 9.80 Å². The molecule has 2 fully saturated rings. The van der Waals surface area contributed by atoms with E-state index in [1.54, 1.807) is 30.0 Å². The minimum absolute atomic E-state index is 0.123. The number of piperazine rings is 1. The topological polar surface area (TPSA) is 90.0 Å². The first-order valence-electron chi connectivity index (χ1n) is 10.5. The van der Waals surface area contributed by atoms with E-state index in [4.69, 9.17) is 0 Å². The fourth-order valence-corrected chi connectivity index (χ4v) is 4.73. The maximum Gasteiger partial charge on any atom is 0.254 e. The smallest absolute Gasteiger partial charge is 0.254 e. The van der Waals surface area contributed by atoms with Crippen LogP contribution in [0.15, 0.2) is 18.2 Å². The van der Waals surface area contributed by atoms with Crippen LogP contribution >= 0.6 is 0 Å². The molecular weight excluding hydrogens is 404 g/mol. The predicted molar refractivity (Wildman–Crippen MR) is 117 cm³/mol. The van der Waals surface area contributed by atoms with E-state index < -0.39 is 10.0 Å². The van der Waals surface area contributed by atoms with Crippen LogP contribution in [0, 0.1) is 6.92 Å². The lowest BCUT2D eigenvalue weighted by Gasteiger charge is -2.38. The number of carbonyl (C=O) groups excluding carboxylic acids is 2. The van der Waals surface area contributed by atoms with Gasteiger partial charge in [0.05, 0.1) is 18.5 Å². The molecule has 0 radical (unpaired) electrons. The minimum atomic E-state index is -3.42. The second-order valence-electron chi connectivity index (χ2n) is 8.40. The number of anilines is 1. The van der Waals surface area contributed by atoms with Crippen LogP contribution in [0.4, 0.5) is 5.69 Å². The van der Waals surface area contributed by atoms with Crippen LogP contribution in [-0.4, -0.2) is 86.5 Å². The number of piperidine rings is 1. The van der Waals surface area contributed by atoms with Gasteiger partial charge in [0.2, 0.25) is 15.9 Å². The van der Waals surface area contributed by atoms with Gasteiger partial charge >= 0.3 is 0 Å². The number of sulfonamides is 1. The van der Waals surface area contributed by atoms with E-state index in [1.807, 2.05) is 4.90 Å². The van der Waals surface area contributed by atoms with Gasteiger partial charge in [-0.3, -0.25) is 19.2 Å². The number of amides is 2. The molecule has 0 unspecified atom stereocenters. The SMILES string of the molecule is Cc1ccc(C(=O)N2CCN(CC(=O)N3CCCC[C@H]3C)CC2)cc1NS(C)(=O)=O. The molecule has 1 N–H and O–H groups in total. The molecule has 3 rings (SSSR count).